The zero-order valence-corrected chi connectivity index (χ0v) is 11.4. The van der Waals surface area contributed by atoms with Crippen molar-refractivity contribution in [2.24, 2.45) is 0 Å². The van der Waals surface area contributed by atoms with Gasteiger partial charge in [-0.2, -0.15) is 0 Å². The molecule has 1 heterocycles. The Hall–Kier alpha value is -1.77. The fraction of sp³-hybridized carbons (Fsp3) is 0.400. The minimum absolute atomic E-state index is 0.588. The van der Waals surface area contributed by atoms with Gasteiger partial charge in [-0.05, 0) is 24.0 Å². The van der Waals surface area contributed by atoms with Crippen LogP contribution in [0.1, 0.15) is 37.8 Å². The van der Waals surface area contributed by atoms with E-state index in [1.807, 2.05) is 12.4 Å². The van der Waals surface area contributed by atoms with Gasteiger partial charge in [0, 0.05) is 18.9 Å². The molecule has 0 radical (unpaired) electrons. The van der Waals surface area contributed by atoms with Gasteiger partial charge >= 0.3 is 0 Å². The third-order valence-corrected chi connectivity index (χ3v) is 3.05. The summed E-state index contributed by atoms with van der Waals surface area (Å²) in [4.78, 5) is 4.30. The van der Waals surface area contributed by atoms with Crippen LogP contribution in [0, 0.1) is 0 Å². The zero-order chi connectivity index (χ0) is 13.0. The molecule has 0 atom stereocenters. The predicted molar refractivity (Wildman–Crippen MR) is 76.0 cm³/mol. The molecule has 0 fully saturated rings. The Bertz CT molecular complexity index is 483. The smallest absolute Gasteiger partial charge is 0.203 e. The van der Waals surface area contributed by atoms with Crippen molar-refractivity contribution in [3.8, 4) is 0 Å². The number of nitrogens with one attached hydrogen (secondary N) is 1. The Morgan fingerprint density at radius 2 is 1.94 bits per heavy atom. The van der Waals surface area contributed by atoms with Gasteiger partial charge < -0.3 is 9.88 Å². The SMILES string of the molecule is CCNc1nccn1Cc1ccc(C(C)C)cc1. The van der Waals surface area contributed by atoms with Crippen LogP contribution >= 0.6 is 0 Å². The van der Waals surface area contributed by atoms with E-state index in [9.17, 15) is 0 Å². The summed E-state index contributed by atoms with van der Waals surface area (Å²) < 4.78 is 2.13. The minimum Gasteiger partial charge on any atom is -0.356 e. The van der Waals surface area contributed by atoms with Crippen molar-refractivity contribution in [2.75, 3.05) is 11.9 Å². The molecule has 0 unspecified atom stereocenters. The Kier molecular flexibility index (Phi) is 4.03. The van der Waals surface area contributed by atoms with E-state index in [1.165, 1.54) is 11.1 Å². The zero-order valence-electron chi connectivity index (χ0n) is 11.4. The van der Waals surface area contributed by atoms with Gasteiger partial charge in [0.15, 0.2) is 0 Å². The van der Waals surface area contributed by atoms with E-state index < -0.39 is 0 Å². The Balaban J connectivity index is 2.11. The van der Waals surface area contributed by atoms with E-state index in [0.29, 0.717) is 5.92 Å². The number of rotatable bonds is 5. The van der Waals surface area contributed by atoms with Crippen molar-refractivity contribution in [3.63, 3.8) is 0 Å². The maximum Gasteiger partial charge on any atom is 0.203 e. The van der Waals surface area contributed by atoms with Gasteiger partial charge in [0.25, 0.3) is 0 Å². The third-order valence-electron chi connectivity index (χ3n) is 3.05. The van der Waals surface area contributed by atoms with Crippen molar-refractivity contribution < 1.29 is 0 Å². The lowest BCUT2D eigenvalue weighted by Crippen LogP contribution is -2.07. The second-order valence-electron chi connectivity index (χ2n) is 4.81. The molecule has 1 aromatic heterocycles. The van der Waals surface area contributed by atoms with Crippen LogP contribution < -0.4 is 5.32 Å². The van der Waals surface area contributed by atoms with E-state index in [4.69, 9.17) is 0 Å². The lowest BCUT2D eigenvalue weighted by atomic mass is 10.0. The summed E-state index contributed by atoms with van der Waals surface area (Å²) in [5, 5.41) is 3.26. The first-order valence-electron chi connectivity index (χ1n) is 6.54. The number of hydrogen-bond donors (Lipinski definition) is 1. The van der Waals surface area contributed by atoms with Crippen LogP contribution in [0.15, 0.2) is 36.7 Å². The predicted octanol–water partition coefficient (Wildman–Crippen LogP) is 3.49. The summed E-state index contributed by atoms with van der Waals surface area (Å²) >= 11 is 0. The maximum atomic E-state index is 4.30. The average Bonchev–Trinajstić information content (AvgIpc) is 2.78. The second-order valence-corrected chi connectivity index (χ2v) is 4.81. The standard InChI is InChI=1S/C15H21N3/c1-4-16-15-17-9-10-18(15)11-13-5-7-14(8-6-13)12(2)3/h5-10,12H,4,11H2,1-3H3,(H,16,17). The molecule has 2 aromatic rings. The molecule has 0 saturated heterocycles. The second kappa shape index (κ2) is 5.71. The quantitative estimate of drug-likeness (QED) is 0.871. The molecule has 0 amide bonds. The molecule has 0 bridgehead atoms. The van der Waals surface area contributed by atoms with Crippen LogP contribution in [-0.2, 0) is 6.54 Å². The number of benzene rings is 1. The Morgan fingerprint density at radius 1 is 1.22 bits per heavy atom. The first-order valence-corrected chi connectivity index (χ1v) is 6.54. The van der Waals surface area contributed by atoms with E-state index in [-0.39, 0.29) is 0 Å². The summed E-state index contributed by atoms with van der Waals surface area (Å²) in [5.41, 5.74) is 2.69. The Labute approximate surface area is 109 Å². The highest BCUT2D eigenvalue weighted by Crippen LogP contribution is 2.16. The van der Waals surface area contributed by atoms with E-state index >= 15 is 0 Å². The third kappa shape index (κ3) is 2.92. The number of nitrogens with zero attached hydrogens (tertiary/aromatic N) is 2. The molecule has 0 aliphatic heterocycles. The van der Waals surface area contributed by atoms with Crippen LogP contribution in [0.4, 0.5) is 5.95 Å². The highest BCUT2D eigenvalue weighted by Gasteiger charge is 2.03. The summed E-state index contributed by atoms with van der Waals surface area (Å²) in [5.74, 6) is 1.52. The lowest BCUT2D eigenvalue weighted by molar-refractivity contribution is 0.796. The summed E-state index contributed by atoms with van der Waals surface area (Å²) in [6.07, 6.45) is 3.84. The first-order chi connectivity index (χ1) is 8.70. The van der Waals surface area contributed by atoms with Gasteiger partial charge in [0.2, 0.25) is 5.95 Å². The fourth-order valence-electron chi connectivity index (χ4n) is 1.97. The molecular weight excluding hydrogens is 222 g/mol. The maximum absolute atomic E-state index is 4.30. The summed E-state index contributed by atoms with van der Waals surface area (Å²) in [7, 11) is 0. The number of imidazole rings is 1. The van der Waals surface area contributed by atoms with Crippen molar-refractivity contribution in [1.82, 2.24) is 9.55 Å². The highest BCUT2D eigenvalue weighted by atomic mass is 15.2. The molecule has 0 saturated carbocycles. The summed E-state index contributed by atoms with van der Waals surface area (Å²) in [6.45, 7) is 8.27. The molecule has 3 heteroatoms. The van der Waals surface area contributed by atoms with Crippen LogP contribution in [0.5, 0.6) is 0 Å². The topological polar surface area (TPSA) is 29.9 Å². The normalized spacial score (nSPS) is 10.9. The van der Waals surface area contributed by atoms with E-state index in [2.05, 4.69) is 59.9 Å². The number of aromatic nitrogens is 2. The van der Waals surface area contributed by atoms with Crippen molar-refractivity contribution >= 4 is 5.95 Å². The van der Waals surface area contributed by atoms with Gasteiger partial charge in [-0.1, -0.05) is 38.1 Å². The van der Waals surface area contributed by atoms with Crippen LogP contribution in [0.25, 0.3) is 0 Å². The molecule has 1 N–H and O–H groups in total. The largest absolute Gasteiger partial charge is 0.356 e. The van der Waals surface area contributed by atoms with Crippen molar-refractivity contribution in [3.05, 3.63) is 47.8 Å². The van der Waals surface area contributed by atoms with Crippen molar-refractivity contribution in [2.45, 2.75) is 33.2 Å². The summed E-state index contributed by atoms with van der Waals surface area (Å²) in [6, 6.07) is 8.82. The van der Waals surface area contributed by atoms with Crippen molar-refractivity contribution in [1.29, 1.82) is 0 Å². The minimum atomic E-state index is 0.588. The average molecular weight is 243 g/mol. The molecule has 3 nitrogen and oxygen atoms in total. The fourth-order valence-corrected chi connectivity index (χ4v) is 1.97. The van der Waals surface area contributed by atoms with Crippen LogP contribution in [-0.4, -0.2) is 16.1 Å². The monoisotopic (exact) mass is 243 g/mol. The van der Waals surface area contributed by atoms with Gasteiger partial charge in [-0.25, -0.2) is 4.98 Å². The molecule has 1 aromatic carbocycles. The van der Waals surface area contributed by atoms with E-state index in [1.54, 1.807) is 0 Å². The van der Waals surface area contributed by atoms with Gasteiger partial charge in [0.05, 0.1) is 6.54 Å². The van der Waals surface area contributed by atoms with Gasteiger partial charge in [0.1, 0.15) is 0 Å². The molecule has 0 aliphatic rings. The number of anilines is 1. The molecule has 0 spiro atoms. The number of hydrogen-bond acceptors (Lipinski definition) is 2. The Morgan fingerprint density at radius 3 is 2.56 bits per heavy atom. The molecular formula is C15H21N3. The van der Waals surface area contributed by atoms with Gasteiger partial charge in [-0.15, -0.1) is 0 Å². The molecule has 18 heavy (non-hydrogen) atoms. The lowest BCUT2D eigenvalue weighted by Gasteiger charge is -2.10. The molecule has 96 valence electrons. The van der Waals surface area contributed by atoms with E-state index in [0.717, 1.165) is 19.0 Å². The molecule has 2 rings (SSSR count). The highest BCUT2D eigenvalue weighted by molar-refractivity contribution is 5.29. The van der Waals surface area contributed by atoms with Gasteiger partial charge in [-0.3, -0.25) is 0 Å². The van der Waals surface area contributed by atoms with Crippen LogP contribution in [0.2, 0.25) is 0 Å². The molecule has 0 aliphatic carbocycles. The first kappa shape index (κ1) is 12.7. The van der Waals surface area contributed by atoms with Crippen LogP contribution in [0.3, 0.4) is 0 Å².